The molecule has 0 atom stereocenters. The molecule has 1 aliphatic rings. The van der Waals surface area contributed by atoms with Gasteiger partial charge in [-0.3, -0.25) is 14.3 Å². The maximum Gasteiger partial charge on any atom is 0.350 e. The number of nitrogens with zero attached hydrogens (tertiary/aromatic N) is 2. The van der Waals surface area contributed by atoms with Crippen LogP contribution in [0, 0.1) is 0 Å². The van der Waals surface area contributed by atoms with E-state index in [0.717, 1.165) is 21.6 Å². The van der Waals surface area contributed by atoms with Crippen LogP contribution in [0.25, 0.3) is 6.08 Å². The summed E-state index contributed by atoms with van der Waals surface area (Å²) in [4.78, 5) is 18.6. The Balaban J connectivity index is 2.11. The summed E-state index contributed by atoms with van der Waals surface area (Å²) in [5.74, 6) is 0.0141. The smallest absolute Gasteiger partial charge is 0.350 e. The number of phenolic OH excluding ortho intramolecular Hbond substituents is 1. The lowest BCUT2D eigenvalue weighted by atomic mass is 9.84. The van der Waals surface area contributed by atoms with Gasteiger partial charge in [-0.25, -0.2) is 0 Å². The molecule has 0 fully saturated rings. The van der Waals surface area contributed by atoms with E-state index in [1.807, 2.05) is 61.5 Å². The van der Waals surface area contributed by atoms with E-state index in [0.29, 0.717) is 17.1 Å². The first-order chi connectivity index (χ1) is 16.9. The third-order valence-electron chi connectivity index (χ3n) is 5.60. The molecule has 1 heterocycles. The highest BCUT2D eigenvalue weighted by Crippen LogP contribution is 2.52. The predicted molar refractivity (Wildman–Crippen MR) is 148 cm³/mol. The van der Waals surface area contributed by atoms with Crippen molar-refractivity contribution >= 4 is 37.0 Å². The summed E-state index contributed by atoms with van der Waals surface area (Å²) < 4.78 is 24.3. The Hall–Kier alpha value is -2.09. The second kappa shape index (κ2) is 11.5. The third-order valence-corrected chi connectivity index (χ3v) is 8.61. The minimum absolute atomic E-state index is 0.170. The van der Waals surface area contributed by atoms with E-state index in [2.05, 4.69) is 20.8 Å². The standard InChI is InChI=1S/C27H37N2O5PS/c1-8-33-35(32,34-9-2)18-29-22-12-10-11-13-23(22)36-24(26(29)31)16-19-14-20(17-28(6)7)25(30)21(15-19)27(3,4)5/h10-16,30H,8-9,17-18H2,1-7H3/b24-16-. The zero-order valence-corrected chi connectivity index (χ0v) is 23.9. The van der Waals surface area contributed by atoms with Crippen molar-refractivity contribution in [3.05, 3.63) is 58.0 Å². The van der Waals surface area contributed by atoms with Gasteiger partial charge in [-0.1, -0.05) is 44.7 Å². The summed E-state index contributed by atoms with van der Waals surface area (Å²) in [7, 11) is 0.380. The fraction of sp³-hybridized carbons (Fsp3) is 0.444. The predicted octanol–water partition coefficient (Wildman–Crippen LogP) is 6.45. The van der Waals surface area contributed by atoms with Crippen molar-refractivity contribution in [3.8, 4) is 5.75 Å². The number of fused-ring (bicyclic) bond motifs is 1. The van der Waals surface area contributed by atoms with Gasteiger partial charge in [0, 0.05) is 22.6 Å². The lowest BCUT2D eigenvalue weighted by molar-refractivity contribution is -0.114. The van der Waals surface area contributed by atoms with Crippen LogP contribution in [0.5, 0.6) is 5.75 Å². The number of phenols is 1. The van der Waals surface area contributed by atoms with Gasteiger partial charge in [0.1, 0.15) is 12.0 Å². The van der Waals surface area contributed by atoms with Crippen molar-refractivity contribution in [1.29, 1.82) is 0 Å². The maximum atomic E-state index is 13.7. The Morgan fingerprint density at radius 3 is 2.33 bits per heavy atom. The van der Waals surface area contributed by atoms with Crippen molar-refractivity contribution in [1.82, 2.24) is 4.90 Å². The molecule has 196 valence electrons. The monoisotopic (exact) mass is 532 g/mol. The van der Waals surface area contributed by atoms with Crippen molar-refractivity contribution in [2.75, 3.05) is 38.5 Å². The van der Waals surface area contributed by atoms with E-state index < -0.39 is 7.60 Å². The molecule has 0 aromatic heterocycles. The highest BCUT2D eigenvalue weighted by atomic mass is 32.2. The molecule has 2 aromatic carbocycles. The van der Waals surface area contributed by atoms with Crippen LogP contribution in [0.15, 0.2) is 46.2 Å². The number of rotatable bonds is 9. The van der Waals surface area contributed by atoms with Crippen LogP contribution < -0.4 is 4.90 Å². The minimum atomic E-state index is -3.52. The first kappa shape index (κ1) is 28.5. The summed E-state index contributed by atoms with van der Waals surface area (Å²) in [6.45, 7) is 10.7. The van der Waals surface area contributed by atoms with Gasteiger partial charge in [-0.2, -0.15) is 0 Å². The molecule has 3 rings (SSSR count). The second-order valence-corrected chi connectivity index (χ2v) is 13.1. The lowest BCUT2D eigenvalue weighted by Crippen LogP contribution is -2.35. The molecule has 1 aliphatic heterocycles. The molecule has 0 bridgehead atoms. The number of carbonyl (C=O) groups excluding carboxylic acids is 1. The molecule has 0 aliphatic carbocycles. The van der Waals surface area contributed by atoms with E-state index in [1.54, 1.807) is 13.8 Å². The summed E-state index contributed by atoms with van der Waals surface area (Å²) in [6.07, 6.45) is 1.67. The number of hydrogen-bond donors (Lipinski definition) is 1. The van der Waals surface area contributed by atoms with Crippen LogP contribution in [0.2, 0.25) is 0 Å². The van der Waals surface area contributed by atoms with Crippen LogP contribution in [0.1, 0.15) is 51.3 Å². The van der Waals surface area contributed by atoms with Gasteiger partial charge in [0.25, 0.3) is 5.91 Å². The molecule has 1 amide bonds. The summed E-state index contributed by atoms with van der Waals surface area (Å²) in [5.41, 5.74) is 2.82. The molecule has 7 nitrogen and oxygen atoms in total. The van der Waals surface area contributed by atoms with Gasteiger partial charge in [0.2, 0.25) is 0 Å². The quantitative estimate of drug-likeness (QED) is 0.293. The number of carbonyl (C=O) groups is 1. The first-order valence-corrected chi connectivity index (χ1v) is 14.6. The second-order valence-electron chi connectivity index (χ2n) is 9.96. The minimum Gasteiger partial charge on any atom is -0.507 e. The number of amides is 1. The zero-order valence-electron chi connectivity index (χ0n) is 22.2. The molecule has 2 aromatic rings. The molecule has 1 N–H and O–H groups in total. The van der Waals surface area contributed by atoms with E-state index >= 15 is 0 Å². The molecule has 36 heavy (non-hydrogen) atoms. The van der Waals surface area contributed by atoms with E-state index in [1.165, 1.54) is 16.7 Å². The van der Waals surface area contributed by atoms with Gasteiger partial charge in [-0.15, -0.1) is 0 Å². The van der Waals surface area contributed by atoms with Crippen molar-refractivity contribution in [3.63, 3.8) is 0 Å². The van der Waals surface area contributed by atoms with Crippen LogP contribution in [-0.4, -0.2) is 49.5 Å². The first-order valence-electron chi connectivity index (χ1n) is 12.1. The highest BCUT2D eigenvalue weighted by Gasteiger charge is 2.36. The lowest BCUT2D eigenvalue weighted by Gasteiger charge is -2.32. The Morgan fingerprint density at radius 2 is 1.75 bits per heavy atom. The maximum absolute atomic E-state index is 13.7. The van der Waals surface area contributed by atoms with Crippen molar-refractivity contribution in [2.24, 2.45) is 0 Å². The molecule has 0 saturated carbocycles. The number of anilines is 1. The topological polar surface area (TPSA) is 79.3 Å². The largest absolute Gasteiger partial charge is 0.507 e. The van der Waals surface area contributed by atoms with Crippen LogP contribution in [0.4, 0.5) is 5.69 Å². The van der Waals surface area contributed by atoms with Crippen LogP contribution in [0.3, 0.4) is 0 Å². The Morgan fingerprint density at radius 1 is 1.11 bits per heavy atom. The number of para-hydroxylation sites is 1. The molecule has 0 unspecified atom stereocenters. The summed E-state index contributed by atoms with van der Waals surface area (Å²) >= 11 is 1.38. The fourth-order valence-corrected chi connectivity index (χ4v) is 6.79. The number of benzene rings is 2. The molecule has 0 spiro atoms. The Kier molecular flexibility index (Phi) is 9.12. The van der Waals surface area contributed by atoms with Crippen molar-refractivity contribution in [2.45, 2.75) is 51.5 Å². The summed E-state index contributed by atoms with van der Waals surface area (Å²) in [5, 5.41) is 11.0. The fourth-order valence-electron chi connectivity index (χ4n) is 4.07. The number of thioether (sulfide) groups is 1. The van der Waals surface area contributed by atoms with Crippen LogP contribution >= 0.6 is 19.4 Å². The Bertz CT molecular complexity index is 1180. The van der Waals surface area contributed by atoms with Gasteiger partial charge in [0.05, 0.1) is 23.8 Å². The van der Waals surface area contributed by atoms with Crippen molar-refractivity contribution < 1.29 is 23.5 Å². The SMILES string of the molecule is CCOP(=O)(CN1C(=O)/C(=C/c2cc(CN(C)C)c(O)c(C(C)(C)C)c2)Sc2ccccc21)OCC. The third kappa shape index (κ3) is 6.61. The Labute approximate surface area is 219 Å². The van der Waals surface area contributed by atoms with Gasteiger partial charge < -0.3 is 19.1 Å². The van der Waals surface area contributed by atoms with Gasteiger partial charge in [-0.05, 0) is 69.3 Å². The molecular formula is C27H37N2O5PS. The molecular weight excluding hydrogens is 495 g/mol. The van der Waals surface area contributed by atoms with E-state index in [9.17, 15) is 14.5 Å². The van der Waals surface area contributed by atoms with Gasteiger partial charge >= 0.3 is 7.60 Å². The normalized spacial score (nSPS) is 15.6. The van der Waals surface area contributed by atoms with Crippen LogP contribution in [-0.2, 0) is 30.4 Å². The average Bonchev–Trinajstić information content (AvgIpc) is 2.78. The van der Waals surface area contributed by atoms with E-state index in [-0.39, 0.29) is 36.6 Å². The highest BCUT2D eigenvalue weighted by molar-refractivity contribution is 8.04. The number of hydrogen-bond acceptors (Lipinski definition) is 7. The molecule has 0 radical (unpaired) electrons. The number of aromatic hydroxyl groups is 1. The summed E-state index contributed by atoms with van der Waals surface area (Å²) in [6, 6.07) is 11.4. The molecule has 9 heteroatoms. The van der Waals surface area contributed by atoms with Gasteiger partial charge in [0.15, 0.2) is 0 Å². The zero-order chi connectivity index (χ0) is 26.7. The molecule has 0 saturated heterocycles. The van der Waals surface area contributed by atoms with E-state index in [4.69, 9.17) is 9.05 Å². The average molecular weight is 533 g/mol.